The number of rotatable bonds is 4. The third-order valence-corrected chi connectivity index (χ3v) is 3.62. The number of nitrogens with zero attached hydrogens (tertiary/aromatic N) is 2. The number of hydrogen-bond donors (Lipinski definition) is 0. The van der Waals surface area contributed by atoms with Crippen LogP contribution in [0.5, 0.6) is 0 Å². The van der Waals surface area contributed by atoms with E-state index in [0.717, 1.165) is 28.6 Å². The molecule has 0 amide bonds. The summed E-state index contributed by atoms with van der Waals surface area (Å²) in [5.74, 6) is 0. The second-order valence-corrected chi connectivity index (χ2v) is 4.53. The van der Waals surface area contributed by atoms with E-state index >= 15 is 0 Å². The molecule has 1 rings (SSSR count). The summed E-state index contributed by atoms with van der Waals surface area (Å²) in [4.78, 5) is 2.16. The maximum atomic E-state index is 9.15. The largest absolute Gasteiger partial charge is 0.371 e. The zero-order valence-corrected chi connectivity index (χ0v) is 11.6. The molecule has 1 aromatic rings. The molecule has 2 nitrogen and oxygen atoms in total. The molecular formula is C13H17BrN2. The van der Waals surface area contributed by atoms with E-state index < -0.39 is 0 Å². The van der Waals surface area contributed by atoms with Crippen LogP contribution in [0.4, 0.5) is 5.69 Å². The molecule has 1 aromatic carbocycles. The normalized spacial score (nSPS) is 11.9. The predicted octanol–water partition coefficient (Wildman–Crippen LogP) is 3.69. The van der Waals surface area contributed by atoms with Gasteiger partial charge in [-0.05, 0) is 31.0 Å². The van der Waals surface area contributed by atoms with E-state index in [1.54, 1.807) is 0 Å². The minimum atomic E-state index is 0.446. The summed E-state index contributed by atoms with van der Waals surface area (Å²) in [7, 11) is 2.04. The topological polar surface area (TPSA) is 27.0 Å². The third kappa shape index (κ3) is 2.76. The van der Waals surface area contributed by atoms with E-state index in [2.05, 4.69) is 46.8 Å². The molecule has 0 aliphatic heterocycles. The van der Waals surface area contributed by atoms with Crippen LogP contribution >= 0.6 is 15.9 Å². The SMILES string of the molecule is CCC(C)N(C)c1ccc(CBr)cc1C#N. The molecule has 0 N–H and O–H groups in total. The van der Waals surface area contributed by atoms with Gasteiger partial charge >= 0.3 is 0 Å². The van der Waals surface area contributed by atoms with Crippen molar-refractivity contribution in [2.45, 2.75) is 31.6 Å². The Morgan fingerprint density at radius 3 is 2.69 bits per heavy atom. The molecule has 0 aliphatic carbocycles. The molecule has 1 atom stereocenters. The zero-order valence-electron chi connectivity index (χ0n) is 10.00. The number of hydrogen-bond acceptors (Lipinski definition) is 2. The molecular weight excluding hydrogens is 264 g/mol. The summed E-state index contributed by atoms with van der Waals surface area (Å²) in [6.07, 6.45) is 1.07. The summed E-state index contributed by atoms with van der Waals surface area (Å²) >= 11 is 3.40. The van der Waals surface area contributed by atoms with Gasteiger partial charge in [0.1, 0.15) is 6.07 Å². The fourth-order valence-electron chi connectivity index (χ4n) is 1.57. The van der Waals surface area contributed by atoms with Crippen molar-refractivity contribution in [2.75, 3.05) is 11.9 Å². The van der Waals surface area contributed by atoms with E-state index in [4.69, 9.17) is 5.26 Å². The second-order valence-electron chi connectivity index (χ2n) is 3.97. The van der Waals surface area contributed by atoms with Crippen molar-refractivity contribution in [3.8, 4) is 6.07 Å². The highest BCUT2D eigenvalue weighted by Gasteiger charge is 2.12. The Morgan fingerprint density at radius 2 is 2.19 bits per heavy atom. The van der Waals surface area contributed by atoms with Crippen LogP contribution in [-0.2, 0) is 5.33 Å². The molecule has 0 aliphatic rings. The fourth-order valence-corrected chi connectivity index (χ4v) is 1.92. The molecule has 0 saturated heterocycles. The number of alkyl halides is 1. The lowest BCUT2D eigenvalue weighted by atomic mass is 10.1. The lowest BCUT2D eigenvalue weighted by Crippen LogP contribution is -2.28. The van der Waals surface area contributed by atoms with Crippen molar-refractivity contribution in [3.05, 3.63) is 29.3 Å². The average molecular weight is 281 g/mol. The highest BCUT2D eigenvalue weighted by molar-refractivity contribution is 9.08. The van der Waals surface area contributed by atoms with Gasteiger partial charge < -0.3 is 4.90 Å². The van der Waals surface area contributed by atoms with Crippen LogP contribution < -0.4 is 4.90 Å². The summed E-state index contributed by atoms with van der Waals surface area (Å²) in [5, 5.41) is 9.94. The first-order valence-electron chi connectivity index (χ1n) is 5.45. The fraction of sp³-hybridized carbons (Fsp3) is 0.462. The van der Waals surface area contributed by atoms with Gasteiger partial charge in [0.05, 0.1) is 11.3 Å². The second kappa shape index (κ2) is 5.91. The van der Waals surface area contributed by atoms with Crippen LogP contribution in [-0.4, -0.2) is 13.1 Å². The molecule has 0 radical (unpaired) electrons. The smallest absolute Gasteiger partial charge is 0.101 e. The molecule has 0 heterocycles. The predicted molar refractivity (Wildman–Crippen MR) is 71.9 cm³/mol. The Morgan fingerprint density at radius 1 is 1.50 bits per heavy atom. The molecule has 0 fully saturated rings. The molecule has 0 saturated carbocycles. The van der Waals surface area contributed by atoms with Crippen LogP contribution in [0, 0.1) is 11.3 Å². The minimum absolute atomic E-state index is 0.446. The van der Waals surface area contributed by atoms with Gasteiger partial charge in [-0.15, -0.1) is 0 Å². The van der Waals surface area contributed by atoms with Crippen LogP contribution in [0.3, 0.4) is 0 Å². The molecule has 16 heavy (non-hydrogen) atoms. The van der Waals surface area contributed by atoms with Gasteiger partial charge in [-0.1, -0.05) is 28.9 Å². The van der Waals surface area contributed by atoms with Crippen molar-refractivity contribution < 1.29 is 0 Å². The first kappa shape index (κ1) is 13.1. The summed E-state index contributed by atoms with van der Waals surface area (Å²) in [5.41, 5.74) is 2.90. The van der Waals surface area contributed by atoms with Crippen LogP contribution in [0.15, 0.2) is 18.2 Å². The molecule has 0 spiro atoms. The molecule has 86 valence electrons. The standard InChI is InChI=1S/C13H17BrN2/c1-4-10(2)16(3)13-6-5-11(8-14)7-12(13)9-15/h5-7,10H,4,8H2,1-3H3. The average Bonchev–Trinajstić information content (AvgIpc) is 2.35. The highest BCUT2D eigenvalue weighted by atomic mass is 79.9. The Kier molecular flexibility index (Phi) is 4.82. The lowest BCUT2D eigenvalue weighted by Gasteiger charge is -2.27. The van der Waals surface area contributed by atoms with Crippen LogP contribution in [0.2, 0.25) is 0 Å². The number of nitriles is 1. The molecule has 1 unspecified atom stereocenters. The molecule has 0 bridgehead atoms. The summed E-state index contributed by atoms with van der Waals surface area (Å²) in [6.45, 7) is 4.32. The van der Waals surface area contributed by atoms with Gasteiger partial charge in [-0.25, -0.2) is 0 Å². The van der Waals surface area contributed by atoms with Gasteiger partial charge in [0.15, 0.2) is 0 Å². The maximum Gasteiger partial charge on any atom is 0.101 e. The van der Waals surface area contributed by atoms with Crippen molar-refractivity contribution in [3.63, 3.8) is 0 Å². The Hall–Kier alpha value is -1.01. The van der Waals surface area contributed by atoms with E-state index in [9.17, 15) is 0 Å². The van der Waals surface area contributed by atoms with Gasteiger partial charge in [0.2, 0.25) is 0 Å². The van der Waals surface area contributed by atoms with Gasteiger partial charge in [0.25, 0.3) is 0 Å². The first-order valence-corrected chi connectivity index (χ1v) is 6.58. The van der Waals surface area contributed by atoms with Crippen LogP contribution in [0.25, 0.3) is 0 Å². The summed E-state index contributed by atoms with van der Waals surface area (Å²) in [6, 6.07) is 8.75. The quantitative estimate of drug-likeness (QED) is 0.787. The monoisotopic (exact) mass is 280 g/mol. The first-order chi connectivity index (χ1) is 7.63. The lowest BCUT2D eigenvalue weighted by molar-refractivity contribution is 0.663. The van der Waals surface area contributed by atoms with E-state index in [-0.39, 0.29) is 0 Å². The van der Waals surface area contributed by atoms with Gasteiger partial charge in [-0.3, -0.25) is 0 Å². The Labute approximate surface area is 106 Å². The Balaban J connectivity index is 3.09. The van der Waals surface area contributed by atoms with Gasteiger partial charge in [-0.2, -0.15) is 5.26 Å². The van der Waals surface area contributed by atoms with Crippen molar-refractivity contribution in [1.82, 2.24) is 0 Å². The molecule has 3 heteroatoms. The third-order valence-electron chi connectivity index (χ3n) is 2.97. The van der Waals surface area contributed by atoms with Crippen molar-refractivity contribution in [1.29, 1.82) is 5.26 Å². The van der Waals surface area contributed by atoms with E-state index in [0.29, 0.717) is 6.04 Å². The number of benzene rings is 1. The van der Waals surface area contributed by atoms with Crippen molar-refractivity contribution >= 4 is 21.6 Å². The maximum absolute atomic E-state index is 9.15. The van der Waals surface area contributed by atoms with Crippen molar-refractivity contribution in [2.24, 2.45) is 0 Å². The number of anilines is 1. The Bertz CT molecular complexity index is 395. The van der Waals surface area contributed by atoms with Gasteiger partial charge in [0, 0.05) is 18.4 Å². The van der Waals surface area contributed by atoms with E-state index in [1.165, 1.54) is 0 Å². The zero-order chi connectivity index (χ0) is 12.1. The molecule has 0 aromatic heterocycles. The number of halogens is 1. The van der Waals surface area contributed by atoms with E-state index in [1.807, 2.05) is 19.2 Å². The summed E-state index contributed by atoms with van der Waals surface area (Å²) < 4.78 is 0. The minimum Gasteiger partial charge on any atom is -0.371 e. The highest BCUT2D eigenvalue weighted by Crippen LogP contribution is 2.23. The van der Waals surface area contributed by atoms with Crippen LogP contribution in [0.1, 0.15) is 31.4 Å².